The molecular formula is C17H24N2O2. The van der Waals surface area contributed by atoms with Crippen molar-refractivity contribution < 1.29 is 9.84 Å². The number of hydrogen-bond donors (Lipinski definition) is 1. The van der Waals surface area contributed by atoms with Gasteiger partial charge in [-0.05, 0) is 25.8 Å². The second-order valence-corrected chi connectivity index (χ2v) is 5.51. The van der Waals surface area contributed by atoms with Gasteiger partial charge in [-0.15, -0.1) is 0 Å². The van der Waals surface area contributed by atoms with Crippen LogP contribution in [0, 0.1) is 0 Å². The molecule has 0 saturated carbocycles. The Balaban J connectivity index is 2.42. The number of hydrogen-bond acceptors (Lipinski definition) is 3. The molecule has 0 aliphatic heterocycles. The van der Waals surface area contributed by atoms with E-state index < -0.39 is 6.10 Å². The molecule has 114 valence electrons. The van der Waals surface area contributed by atoms with E-state index in [4.69, 9.17) is 4.74 Å². The van der Waals surface area contributed by atoms with Crippen molar-refractivity contribution >= 4 is 0 Å². The molecule has 1 aromatic heterocycles. The number of nitrogens with zero attached hydrogens (tertiary/aromatic N) is 2. The minimum atomic E-state index is -0.641. The number of aromatic nitrogens is 2. The lowest BCUT2D eigenvalue weighted by Crippen LogP contribution is -2.17. The Morgan fingerprint density at radius 1 is 1.24 bits per heavy atom. The number of benzene rings is 1. The van der Waals surface area contributed by atoms with Gasteiger partial charge in [0.05, 0.1) is 13.3 Å². The molecule has 2 rings (SSSR count). The van der Waals surface area contributed by atoms with Gasteiger partial charge in [0.15, 0.2) is 5.75 Å². The average molecular weight is 288 g/mol. The highest BCUT2D eigenvalue weighted by molar-refractivity contribution is 5.32. The van der Waals surface area contributed by atoms with Crippen molar-refractivity contribution in [3.05, 3.63) is 47.8 Å². The standard InChI is InChI=1S/C17H24N2O2/c1-5-14(13-9-7-6-8-10-13)17(20)16-15(21-4)11-18-19(16)12(2)3/h6-12,14,17,20H,5H2,1-4H3. The summed E-state index contributed by atoms with van der Waals surface area (Å²) >= 11 is 0. The molecule has 0 saturated heterocycles. The van der Waals surface area contributed by atoms with E-state index in [0.29, 0.717) is 5.75 Å². The summed E-state index contributed by atoms with van der Waals surface area (Å²) in [6.07, 6.45) is 1.88. The van der Waals surface area contributed by atoms with Gasteiger partial charge >= 0.3 is 0 Å². The SMILES string of the molecule is CCC(c1ccccc1)C(O)c1c(OC)cnn1C(C)C. The molecule has 0 spiro atoms. The lowest BCUT2D eigenvalue weighted by atomic mass is 9.89. The van der Waals surface area contributed by atoms with E-state index in [1.54, 1.807) is 13.3 Å². The quantitative estimate of drug-likeness (QED) is 0.881. The molecule has 0 fully saturated rings. The van der Waals surface area contributed by atoms with Crippen LogP contribution in [0.5, 0.6) is 5.75 Å². The van der Waals surface area contributed by atoms with Crippen molar-refractivity contribution in [1.82, 2.24) is 9.78 Å². The molecule has 2 unspecified atom stereocenters. The van der Waals surface area contributed by atoms with Crippen LogP contribution in [0.2, 0.25) is 0 Å². The second kappa shape index (κ2) is 6.76. The Morgan fingerprint density at radius 3 is 2.43 bits per heavy atom. The first-order valence-electron chi connectivity index (χ1n) is 7.44. The Labute approximate surface area is 126 Å². The van der Waals surface area contributed by atoms with Gasteiger partial charge < -0.3 is 9.84 Å². The molecular weight excluding hydrogens is 264 g/mol. The summed E-state index contributed by atoms with van der Waals surface area (Å²) < 4.78 is 7.23. The van der Waals surface area contributed by atoms with Crippen molar-refractivity contribution in [2.24, 2.45) is 0 Å². The molecule has 1 aromatic carbocycles. The van der Waals surface area contributed by atoms with Crippen LogP contribution in [0.3, 0.4) is 0 Å². The van der Waals surface area contributed by atoms with E-state index in [1.165, 1.54) is 0 Å². The number of ether oxygens (including phenoxy) is 1. The van der Waals surface area contributed by atoms with Crippen molar-refractivity contribution in [3.8, 4) is 5.75 Å². The molecule has 2 atom stereocenters. The van der Waals surface area contributed by atoms with Crippen molar-refractivity contribution in [3.63, 3.8) is 0 Å². The van der Waals surface area contributed by atoms with Crippen molar-refractivity contribution in [1.29, 1.82) is 0 Å². The Morgan fingerprint density at radius 2 is 1.90 bits per heavy atom. The molecule has 0 bridgehead atoms. The second-order valence-electron chi connectivity index (χ2n) is 5.51. The fourth-order valence-corrected chi connectivity index (χ4v) is 2.74. The first-order chi connectivity index (χ1) is 10.1. The molecule has 2 aromatic rings. The van der Waals surface area contributed by atoms with E-state index in [1.807, 2.05) is 36.7 Å². The molecule has 1 heterocycles. The molecule has 0 aliphatic rings. The van der Waals surface area contributed by atoms with Gasteiger partial charge in [0.2, 0.25) is 0 Å². The summed E-state index contributed by atoms with van der Waals surface area (Å²) in [7, 11) is 1.61. The fraction of sp³-hybridized carbons (Fsp3) is 0.471. The maximum Gasteiger partial charge on any atom is 0.162 e. The Bertz CT molecular complexity index is 563. The molecule has 0 radical (unpaired) electrons. The highest BCUT2D eigenvalue weighted by Gasteiger charge is 2.28. The van der Waals surface area contributed by atoms with Gasteiger partial charge in [0.25, 0.3) is 0 Å². The number of rotatable bonds is 6. The lowest BCUT2D eigenvalue weighted by molar-refractivity contribution is 0.127. The van der Waals surface area contributed by atoms with Crippen LogP contribution in [0.4, 0.5) is 0 Å². The molecule has 21 heavy (non-hydrogen) atoms. The highest BCUT2D eigenvalue weighted by Crippen LogP contribution is 2.38. The normalized spacial score (nSPS) is 14.2. The number of aliphatic hydroxyl groups excluding tert-OH is 1. The topological polar surface area (TPSA) is 47.3 Å². The van der Waals surface area contributed by atoms with Gasteiger partial charge in [0.1, 0.15) is 11.8 Å². The van der Waals surface area contributed by atoms with Gasteiger partial charge in [-0.2, -0.15) is 5.10 Å². The van der Waals surface area contributed by atoms with Crippen LogP contribution >= 0.6 is 0 Å². The third kappa shape index (κ3) is 3.10. The van der Waals surface area contributed by atoms with E-state index in [2.05, 4.69) is 24.2 Å². The summed E-state index contributed by atoms with van der Waals surface area (Å²) in [5, 5.41) is 15.3. The first-order valence-corrected chi connectivity index (χ1v) is 7.44. The smallest absolute Gasteiger partial charge is 0.162 e. The van der Waals surface area contributed by atoms with Gasteiger partial charge in [-0.25, -0.2) is 0 Å². The predicted octanol–water partition coefficient (Wildman–Crippen LogP) is 3.70. The summed E-state index contributed by atoms with van der Waals surface area (Å²) in [6.45, 7) is 6.18. The summed E-state index contributed by atoms with van der Waals surface area (Å²) in [5.74, 6) is 0.667. The highest BCUT2D eigenvalue weighted by atomic mass is 16.5. The number of methoxy groups -OCH3 is 1. The van der Waals surface area contributed by atoms with E-state index >= 15 is 0 Å². The summed E-state index contributed by atoms with van der Waals surface area (Å²) in [4.78, 5) is 0. The first kappa shape index (κ1) is 15.6. The van der Waals surface area contributed by atoms with Crippen LogP contribution in [0.15, 0.2) is 36.5 Å². The fourth-order valence-electron chi connectivity index (χ4n) is 2.74. The van der Waals surface area contributed by atoms with Crippen LogP contribution in [0.25, 0.3) is 0 Å². The zero-order valence-electron chi connectivity index (χ0n) is 13.2. The monoisotopic (exact) mass is 288 g/mol. The van der Waals surface area contributed by atoms with Gasteiger partial charge in [0, 0.05) is 12.0 Å². The van der Waals surface area contributed by atoms with Gasteiger partial charge in [-0.3, -0.25) is 4.68 Å². The maximum absolute atomic E-state index is 10.9. The number of aliphatic hydroxyl groups is 1. The van der Waals surface area contributed by atoms with Crippen molar-refractivity contribution in [2.45, 2.75) is 45.3 Å². The molecule has 0 amide bonds. The lowest BCUT2D eigenvalue weighted by Gasteiger charge is -2.24. The van der Waals surface area contributed by atoms with Crippen LogP contribution in [-0.2, 0) is 0 Å². The molecule has 4 nitrogen and oxygen atoms in total. The largest absolute Gasteiger partial charge is 0.493 e. The van der Waals surface area contributed by atoms with Crippen LogP contribution in [0.1, 0.15) is 56.5 Å². The molecule has 4 heteroatoms. The van der Waals surface area contributed by atoms with E-state index in [-0.39, 0.29) is 12.0 Å². The zero-order chi connectivity index (χ0) is 15.4. The summed E-state index contributed by atoms with van der Waals surface area (Å²) in [5.41, 5.74) is 1.88. The minimum absolute atomic E-state index is 0.0225. The minimum Gasteiger partial charge on any atom is -0.493 e. The Hall–Kier alpha value is -1.81. The summed E-state index contributed by atoms with van der Waals surface area (Å²) in [6, 6.07) is 10.3. The third-order valence-corrected chi connectivity index (χ3v) is 3.84. The molecule has 1 N–H and O–H groups in total. The van der Waals surface area contributed by atoms with Crippen LogP contribution in [-0.4, -0.2) is 22.0 Å². The average Bonchev–Trinajstić information content (AvgIpc) is 2.93. The maximum atomic E-state index is 10.9. The zero-order valence-corrected chi connectivity index (χ0v) is 13.2. The Kier molecular flexibility index (Phi) is 5.02. The van der Waals surface area contributed by atoms with Crippen molar-refractivity contribution in [2.75, 3.05) is 7.11 Å². The third-order valence-electron chi connectivity index (χ3n) is 3.84. The van der Waals surface area contributed by atoms with Gasteiger partial charge in [-0.1, -0.05) is 37.3 Å². The van der Waals surface area contributed by atoms with E-state index in [9.17, 15) is 5.11 Å². The van der Waals surface area contributed by atoms with E-state index in [0.717, 1.165) is 17.7 Å². The van der Waals surface area contributed by atoms with Crippen LogP contribution < -0.4 is 4.74 Å². The predicted molar refractivity (Wildman–Crippen MR) is 83.6 cm³/mol. The molecule has 0 aliphatic carbocycles.